The molecule has 0 radical (unpaired) electrons. The van der Waals surface area contributed by atoms with E-state index in [-0.39, 0.29) is 51.8 Å². The van der Waals surface area contributed by atoms with Crippen LogP contribution in [0.1, 0.15) is 26.2 Å². The van der Waals surface area contributed by atoms with Gasteiger partial charge in [-0.15, -0.1) is 0 Å². The highest BCUT2D eigenvalue weighted by Gasteiger charge is 2.44. The maximum Gasteiger partial charge on any atom is 0.319 e. The zero-order valence-electron chi connectivity index (χ0n) is 25.0. The van der Waals surface area contributed by atoms with Gasteiger partial charge in [0.1, 0.15) is 17.1 Å². The highest BCUT2D eigenvalue weighted by molar-refractivity contribution is 6.35. The van der Waals surface area contributed by atoms with Gasteiger partial charge < -0.3 is 29.8 Å². The van der Waals surface area contributed by atoms with E-state index in [1.807, 2.05) is 43.3 Å². The van der Waals surface area contributed by atoms with Gasteiger partial charge in [-0.2, -0.15) is 9.97 Å². The van der Waals surface area contributed by atoms with Crippen molar-refractivity contribution in [3.8, 4) is 22.9 Å². The molecule has 6 rings (SSSR count). The van der Waals surface area contributed by atoms with Gasteiger partial charge >= 0.3 is 6.01 Å². The predicted molar refractivity (Wildman–Crippen MR) is 169 cm³/mol. The zero-order valence-corrected chi connectivity index (χ0v) is 25.7. The molecule has 0 bridgehead atoms. The van der Waals surface area contributed by atoms with Gasteiger partial charge in [0.05, 0.1) is 30.0 Å². The minimum atomic E-state index is -0.617. The summed E-state index contributed by atoms with van der Waals surface area (Å²) in [5, 5.41) is 21.4. The predicted octanol–water partition coefficient (Wildman–Crippen LogP) is 6.55. The van der Waals surface area contributed by atoms with Crippen LogP contribution in [0.4, 0.5) is 10.2 Å². The lowest BCUT2D eigenvalue weighted by atomic mass is 9.96. The molecular weight excluding hydrogens is 569 g/mol. The second-order valence-corrected chi connectivity index (χ2v) is 12.9. The summed E-state index contributed by atoms with van der Waals surface area (Å²) in [7, 11) is 5.70. The summed E-state index contributed by atoms with van der Waals surface area (Å²) >= 11 is 6.87. The summed E-state index contributed by atoms with van der Waals surface area (Å²) in [6.07, 6.45) is 2.50. The first-order valence-electron chi connectivity index (χ1n) is 14.6. The Labute approximate surface area is 255 Å². The van der Waals surface area contributed by atoms with Crippen LogP contribution in [0.15, 0.2) is 42.5 Å². The third-order valence-electron chi connectivity index (χ3n) is 8.56. The number of aromatic hydroxyl groups is 1. The molecule has 8 nitrogen and oxygen atoms in total. The van der Waals surface area contributed by atoms with Gasteiger partial charge in [-0.05, 0) is 73.8 Å². The number of rotatable bonds is 8. The lowest BCUT2D eigenvalue weighted by molar-refractivity contribution is 0.137. The fourth-order valence-corrected chi connectivity index (χ4v) is 6.65. The molecule has 2 aliphatic rings. The Morgan fingerprint density at radius 3 is 2.65 bits per heavy atom. The molecule has 2 heterocycles. The van der Waals surface area contributed by atoms with E-state index in [4.69, 9.17) is 31.5 Å². The molecule has 1 saturated heterocycles. The van der Waals surface area contributed by atoms with E-state index < -0.39 is 5.82 Å². The highest BCUT2D eigenvalue weighted by atomic mass is 35.5. The fraction of sp³-hybridized carbons (Fsp3) is 0.424. The van der Waals surface area contributed by atoms with Crippen LogP contribution in [0.2, 0.25) is 5.02 Å². The lowest BCUT2D eigenvalue weighted by Crippen LogP contribution is -2.34. The minimum absolute atomic E-state index is 0.0112. The number of benzene rings is 3. The topological polar surface area (TPSA) is 94.8 Å². The number of phenolic OH excluding ortho intramolecular Hbond substituents is 1. The van der Waals surface area contributed by atoms with Crippen LogP contribution in [0.5, 0.6) is 11.8 Å². The van der Waals surface area contributed by atoms with E-state index in [0.29, 0.717) is 42.1 Å². The molecule has 10 heteroatoms. The number of nitrogens with one attached hydrogen (secondary N) is 1. The van der Waals surface area contributed by atoms with Gasteiger partial charge in [-0.1, -0.05) is 42.8 Å². The fourth-order valence-electron chi connectivity index (χ4n) is 6.36. The third kappa shape index (κ3) is 5.86. The van der Waals surface area contributed by atoms with Crippen LogP contribution >= 0.6 is 11.6 Å². The number of aromatic nitrogens is 2. The molecule has 2 N–H and O–H groups in total. The van der Waals surface area contributed by atoms with Crippen LogP contribution in [0.25, 0.3) is 32.8 Å². The lowest BCUT2D eigenvalue weighted by Gasteiger charge is -2.26. The second-order valence-electron chi connectivity index (χ2n) is 12.5. The molecule has 2 atom stereocenters. The zero-order chi connectivity index (χ0) is 30.5. The molecule has 1 aliphatic heterocycles. The molecule has 2 fully saturated rings. The molecule has 0 spiro atoms. The molecule has 0 amide bonds. The van der Waals surface area contributed by atoms with Crippen LogP contribution in [-0.4, -0.2) is 79.2 Å². The number of ether oxygens (including phenoxy) is 2. The summed E-state index contributed by atoms with van der Waals surface area (Å²) in [5.41, 5.74) is 1.16. The van der Waals surface area contributed by atoms with Crippen molar-refractivity contribution in [1.82, 2.24) is 14.9 Å². The Kier molecular flexibility index (Phi) is 7.91. The number of methoxy groups -OCH3 is 1. The molecule has 43 heavy (non-hydrogen) atoms. The Bertz CT molecular complexity index is 1710. The summed E-state index contributed by atoms with van der Waals surface area (Å²) in [5.74, 6) is 0.0557. The van der Waals surface area contributed by atoms with Crippen molar-refractivity contribution in [2.75, 3.05) is 52.3 Å². The number of halogens is 2. The molecule has 4 aromatic rings. The number of anilines is 1. The van der Waals surface area contributed by atoms with Gasteiger partial charge in [-0.3, -0.25) is 0 Å². The van der Waals surface area contributed by atoms with Crippen LogP contribution in [-0.2, 0) is 4.74 Å². The maximum absolute atomic E-state index is 16.8. The Hall–Kier alpha value is -3.53. The molecular formula is C33H37ClFN5O3. The van der Waals surface area contributed by atoms with Crippen molar-refractivity contribution in [2.45, 2.75) is 32.3 Å². The number of nitrogens with zero attached hydrogens (tertiary/aromatic N) is 4. The Balaban J connectivity index is 1.52. The van der Waals surface area contributed by atoms with Crippen LogP contribution in [0, 0.1) is 22.6 Å². The average molecular weight is 606 g/mol. The Morgan fingerprint density at radius 2 is 1.93 bits per heavy atom. The van der Waals surface area contributed by atoms with Crippen molar-refractivity contribution in [3.63, 3.8) is 0 Å². The van der Waals surface area contributed by atoms with Crippen LogP contribution in [0.3, 0.4) is 0 Å². The van der Waals surface area contributed by atoms with E-state index in [0.717, 1.165) is 30.2 Å². The van der Waals surface area contributed by atoms with E-state index in [1.54, 1.807) is 19.2 Å². The molecule has 3 aromatic carbocycles. The van der Waals surface area contributed by atoms with Crippen molar-refractivity contribution in [3.05, 3.63) is 53.3 Å². The summed E-state index contributed by atoms with van der Waals surface area (Å²) in [6.45, 7) is 4.28. The van der Waals surface area contributed by atoms with Gasteiger partial charge in [0.2, 0.25) is 0 Å². The smallest absolute Gasteiger partial charge is 0.319 e. The van der Waals surface area contributed by atoms with Gasteiger partial charge in [-0.25, -0.2) is 4.39 Å². The van der Waals surface area contributed by atoms with Crippen LogP contribution < -0.4 is 9.64 Å². The Morgan fingerprint density at radius 1 is 1.16 bits per heavy atom. The van der Waals surface area contributed by atoms with E-state index >= 15 is 4.39 Å². The largest absolute Gasteiger partial charge is 0.508 e. The normalized spacial score (nSPS) is 20.2. The highest BCUT2D eigenvalue weighted by Crippen LogP contribution is 2.47. The summed E-state index contributed by atoms with van der Waals surface area (Å²) in [4.78, 5) is 13.6. The van der Waals surface area contributed by atoms with E-state index in [1.165, 1.54) is 6.07 Å². The van der Waals surface area contributed by atoms with Crippen molar-refractivity contribution in [1.29, 1.82) is 5.41 Å². The van der Waals surface area contributed by atoms with E-state index in [2.05, 4.69) is 16.8 Å². The summed E-state index contributed by atoms with van der Waals surface area (Å²) in [6, 6.07) is 12.4. The standard InChI is InChI=1S/C33H37ClFN5O3/c1-19-11-27(42-4)26(36)16-40(15-19)31-24-14-25(34)28(23-13-21(41)12-20-7-5-6-8-22(20)23)29(35)30(24)37-32(38-31)43-18-33(9-10-33)17-39(2)3/h5-8,12-14,19,27,36,41H,9-11,15-18H2,1-4H3. The van der Waals surface area contributed by atoms with Gasteiger partial charge in [0.15, 0.2) is 5.82 Å². The summed E-state index contributed by atoms with van der Waals surface area (Å²) < 4.78 is 28.6. The SMILES string of the molecule is COC1CC(C)CN(c2nc(OCC3(CN(C)C)CC3)nc3c(F)c(-c4cc(O)cc5ccccc45)c(Cl)cc23)CC1=N. The molecule has 2 unspecified atom stereocenters. The third-order valence-corrected chi connectivity index (χ3v) is 8.85. The van der Waals surface area contributed by atoms with Gasteiger partial charge in [0.25, 0.3) is 0 Å². The molecule has 1 aliphatic carbocycles. The average Bonchev–Trinajstić information content (AvgIpc) is 3.74. The number of fused-ring (bicyclic) bond motifs is 2. The second kappa shape index (κ2) is 11.5. The van der Waals surface area contributed by atoms with Crippen molar-refractivity contribution in [2.24, 2.45) is 11.3 Å². The first-order chi connectivity index (χ1) is 20.6. The number of hydrogen-bond donors (Lipinski definition) is 2. The van der Waals surface area contributed by atoms with E-state index in [9.17, 15) is 5.11 Å². The first kappa shape index (κ1) is 29.5. The molecule has 226 valence electrons. The monoisotopic (exact) mass is 605 g/mol. The minimum Gasteiger partial charge on any atom is -0.508 e. The molecule has 1 saturated carbocycles. The quantitative estimate of drug-likeness (QED) is 0.235. The van der Waals surface area contributed by atoms with Crippen molar-refractivity contribution >= 4 is 44.8 Å². The van der Waals surface area contributed by atoms with Crippen molar-refractivity contribution < 1.29 is 19.0 Å². The first-order valence-corrected chi connectivity index (χ1v) is 15.0. The molecule has 1 aromatic heterocycles. The van der Waals surface area contributed by atoms with Gasteiger partial charge in [0, 0.05) is 36.6 Å². The number of phenols is 1. The number of hydrogen-bond acceptors (Lipinski definition) is 8. The maximum atomic E-state index is 16.8.